The van der Waals surface area contributed by atoms with Crippen LogP contribution in [0.1, 0.15) is 10.5 Å². The predicted octanol–water partition coefficient (Wildman–Crippen LogP) is 1.81. The van der Waals surface area contributed by atoms with Gasteiger partial charge in [-0.25, -0.2) is 0 Å². The Kier molecular flexibility index (Phi) is 6.98. The average molecular weight is 362 g/mol. The number of nitrogens with zero attached hydrogens (tertiary/aromatic N) is 2. The lowest BCUT2D eigenvalue weighted by Gasteiger charge is -2.14. The molecule has 26 heavy (non-hydrogen) atoms. The van der Waals surface area contributed by atoms with E-state index < -0.39 is 5.91 Å². The third-order valence-electron chi connectivity index (χ3n) is 3.43. The summed E-state index contributed by atoms with van der Waals surface area (Å²) >= 11 is 0. The van der Waals surface area contributed by atoms with Crippen molar-refractivity contribution in [3.05, 3.63) is 30.0 Å². The van der Waals surface area contributed by atoms with E-state index in [4.69, 9.17) is 18.9 Å². The quantitative estimate of drug-likeness (QED) is 0.651. The molecule has 1 heterocycles. The minimum Gasteiger partial charge on any atom is -0.493 e. The van der Waals surface area contributed by atoms with Gasteiger partial charge in [-0.15, -0.1) is 10.2 Å². The lowest BCUT2D eigenvalue weighted by molar-refractivity contribution is 0.102. The third-order valence-corrected chi connectivity index (χ3v) is 3.43. The highest BCUT2D eigenvalue weighted by Crippen LogP contribution is 2.39. The molecule has 140 valence electrons. The fraction of sp³-hybridized carbons (Fsp3) is 0.353. The first-order valence-electron chi connectivity index (χ1n) is 7.80. The van der Waals surface area contributed by atoms with Crippen molar-refractivity contribution in [1.82, 2.24) is 10.2 Å². The van der Waals surface area contributed by atoms with Crippen molar-refractivity contribution in [2.75, 3.05) is 52.2 Å². The largest absolute Gasteiger partial charge is 0.493 e. The predicted molar refractivity (Wildman–Crippen MR) is 96.4 cm³/mol. The Morgan fingerprint density at radius 3 is 2.19 bits per heavy atom. The summed E-state index contributed by atoms with van der Waals surface area (Å²) in [5.41, 5.74) is 0.657. The number of amides is 1. The average Bonchev–Trinajstić information content (AvgIpc) is 2.67. The molecule has 0 fully saturated rings. The summed E-state index contributed by atoms with van der Waals surface area (Å²) in [6.45, 7) is 1.15. The lowest BCUT2D eigenvalue weighted by atomic mass is 10.2. The molecule has 0 spiro atoms. The second-order valence-electron chi connectivity index (χ2n) is 5.09. The molecule has 2 N–H and O–H groups in total. The second kappa shape index (κ2) is 9.42. The molecule has 1 amide bonds. The summed E-state index contributed by atoms with van der Waals surface area (Å²) < 4.78 is 20.7. The summed E-state index contributed by atoms with van der Waals surface area (Å²) in [4.78, 5) is 12.4. The van der Waals surface area contributed by atoms with Crippen LogP contribution in [0.3, 0.4) is 0 Å². The minimum absolute atomic E-state index is 0.177. The molecular weight excluding hydrogens is 340 g/mol. The van der Waals surface area contributed by atoms with Crippen LogP contribution in [0.5, 0.6) is 17.2 Å². The smallest absolute Gasteiger partial charge is 0.276 e. The first-order chi connectivity index (χ1) is 12.6. The van der Waals surface area contributed by atoms with Crippen LogP contribution in [0.15, 0.2) is 24.3 Å². The van der Waals surface area contributed by atoms with Crippen LogP contribution in [0.25, 0.3) is 0 Å². The van der Waals surface area contributed by atoms with Gasteiger partial charge in [-0.2, -0.15) is 0 Å². The third kappa shape index (κ3) is 4.73. The first-order valence-corrected chi connectivity index (χ1v) is 7.80. The number of hydrogen-bond acceptors (Lipinski definition) is 8. The number of benzene rings is 1. The minimum atomic E-state index is -0.407. The zero-order chi connectivity index (χ0) is 18.9. The lowest BCUT2D eigenvalue weighted by Crippen LogP contribution is -2.16. The zero-order valence-corrected chi connectivity index (χ0v) is 15.2. The number of anilines is 2. The Bertz CT molecular complexity index is 711. The van der Waals surface area contributed by atoms with Crippen LogP contribution < -0.4 is 24.8 Å². The molecule has 0 saturated heterocycles. The zero-order valence-electron chi connectivity index (χ0n) is 15.2. The Labute approximate surface area is 151 Å². The number of hydrogen-bond donors (Lipinski definition) is 2. The van der Waals surface area contributed by atoms with E-state index in [0.717, 1.165) is 0 Å². The number of rotatable bonds is 9. The Balaban J connectivity index is 2.11. The number of ether oxygens (including phenoxy) is 4. The van der Waals surface area contributed by atoms with Crippen LogP contribution in [0.4, 0.5) is 11.5 Å². The molecule has 0 atom stereocenters. The molecule has 2 rings (SSSR count). The van der Waals surface area contributed by atoms with Gasteiger partial charge in [-0.1, -0.05) is 0 Å². The van der Waals surface area contributed by atoms with Crippen molar-refractivity contribution < 1.29 is 23.7 Å². The molecule has 0 aliphatic carbocycles. The van der Waals surface area contributed by atoms with Crippen molar-refractivity contribution in [2.45, 2.75) is 0 Å². The molecule has 1 aromatic carbocycles. The van der Waals surface area contributed by atoms with Crippen LogP contribution in [-0.4, -0.2) is 57.7 Å². The summed E-state index contributed by atoms with van der Waals surface area (Å²) in [5.74, 6) is 1.47. The van der Waals surface area contributed by atoms with Crippen LogP contribution in [-0.2, 0) is 4.74 Å². The van der Waals surface area contributed by atoms with Crippen molar-refractivity contribution >= 4 is 17.4 Å². The highest BCUT2D eigenvalue weighted by Gasteiger charge is 2.16. The molecule has 2 aromatic rings. The second-order valence-corrected chi connectivity index (χ2v) is 5.09. The summed E-state index contributed by atoms with van der Waals surface area (Å²) in [7, 11) is 6.13. The van der Waals surface area contributed by atoms with E-state index in [0.29, 0.717) is 41.9 Å². The normalized spacial score (nSPS) is 10.2. The number of carbonyl (C=O) groups is 1. The van der Waals surface area contributed by atoms with Crippen molar-refractivity contribution in [3.8, 4) is 17.2 Å². The molecule has 0 saturated carbocycles. The van der Waals surface area contributed by atoms with Gasteiger partial charge in [0, 0.05) is 31.5 Å². The van der Waals surface area contributed by atoms with E-state index >= 15 is 0 Å². The fourth-order valence-electron chi connectivity index (χ4n) is 2.18. The SMILES string of the molecule is COCCNc1ccc(C(=O)Nc2cc(OC)c(OC)c(OC)c2)nn1. The van der Waals surface area contributed by atoms with Crippen LogP contribution in [0.2, 0.25) is 0 Å². The molecule has 1 aromatic heterocycles. The molecule has 9 nitrogen and oxygen atoms in total. The highest BCUT2D eigenvalue weighted by atomic mass is 16.5. The van der Waals surface area contributed by atoms with E-state index in [1.54, 1.807) is 31.4 Å². The maximum Gasteiger partial charge on any atom is 0.276 e. The monoisotopic (exact) mass is 362 g/mol. The van der Waals surface area contributed by atoms with Gasteiger partial charge < -0.3 is 29.6 Å². The number of carbonyl (C=O) groups excluding carboxylic acids is 1. The van der Waals surface area contributed by atoms with Gasteiger partial charge in [-0.3, -0.25) is 4.79 Å². The molecule has 0 bridgehead atoms. The Hall–Kier alpha value is -3.07. The molecule has 0 unspecified atom stereocenters. The van der Waals surface area contributed by atoms with E-state index in [2.05, 4.69) is 20.8 Å². The van der Waals surface area contributed by atoms with Crippen molar-refractivity contribution in [2.24, 2.45) is 0 Å². The van der Waals surface area contributed by atoms with Gasteiger partial charge in [0.2, 0.25) is 5.75 Å². The van der Waals surface area contributed by atoms with Crippen LogP contribution in [0, 0.1) is 0 Å². The van der Waals surface area contributed by atoms with Gasteiger partial charge >= 0.3 is 0 Å². The summed E-state index contributed by atoms with van der Waals surface area (Å²) in [6, 6.07) is 6.52. The number of nitrogens with one attached hydrogen (secondary N) is 2. The molecule has 9 heteroatoms. The standard InChI is InChI=1S/C17H22N4O5/c1-23-8-7-18-15-6-5-12(20-21-15)17(22)19-11-9-13(24-2)16(26-4)14(10-11)25-3/h5-6,9-10H,7-8H2,1-4H3,(H,18,21)(H,19,22). The fourth-order valence-corrected chi connectivity index (χ4v) is 2.18. The molecular formula is C17H22N4O5. The number of methoxy groups -OCH3 is 4. The van der Waals surface area contributed by atoms with Gasteiger partial charge in [-0.05, 0) is 12.1 Å². The summed E-state index contributed by atoms with van der Waals surface area (Å²) in [6.07, 6.45) is 0. The topological polar surface area (TPSA) is 104 Å². The van der Waals surface area contributed by atoms with Gasteiger partial charge in [0.1, 0.15) is 5.82 Å². The van der Waals surface area contributed by atoms with E-state index in [1.165, 1.54) is 21.3 Å². The highest BCUT2D eigenvalue weighted by molar-refractivity contribution is 6.03. The van der Waals surface area contributed by atoms with E-state index in [9.17, 15) is 4.79 Å². The number of aromatic nitrogens is 2. The van der Waals surface area contributed by atoms with Crippen molar-refractivity contribution in [1.29, 1.82) is 0 Å². The van der Waals surface area contributed by atoms with E-state index in [1.807, 2.05) is 0 Å². The molecule has 0 radical (unpaired) electrons. The molecule has 0 aliphatic heterocycles. The maximum atomic E-state index is 12.4. The Morgan fingerprint density at radius 2 is 1.69 bits per heavy atom. The first kappa shape index (κ1) is 19.3. The maximum absolute atomic E-state index is 12.4. The van der Waals surface area contributed by atoms with Gasteiger partial charge in [0.25, 0.3) is 5.91 Å². The van der Waals surface area contributed by atoms with E-state index in [-0.39, 0.29) is 5.69 Å². The molecule has 0 aliphatic rings. The van der Waals surface area contributed by atoms with Gasteiger partial charge in [0.15, 0.2) is 17.2 Å². The van der Waals surface area contributed by atoms with Crippen molar-refractivity contribution in [3.63, 3.8) is 0 Å². The Morgan fingerprint density at radius 1 is 1.00 bits per heavy atom. The summed E-state index contributed by atoms with van der Waals surface area (Å²) in [5, 5.41) is 13.6. The van der Waals surface area contributed by atoms with Crippen LogP contribution >= 0.6 is 0 Å². The van der Waals surface area contributed by atoms with Gasteiger partial charge in [0.05, 0.1) is 27.9 Å².